The minimum absolute atomic E-state index is 0.878. The second kappa shape index (κ2) is 21.5. The summed E-state index contributed by atoms with van der Waals surface area (Å²) < 4.78 is 0. The van der Waals surface area contributed by atoms with Gasteiger partial charge in [0.15, 0.2) is 0 Å². The van der Waals surface area contributed by atoms with E-state index in [4.69, 9.17) is 15.0 Å². The third-order valence-electron chi connectivity index (χ3n) is 15.7. The maximum atomic E-state index is 5.46. The molecule has 384 valence electrons. The van der Waals surface area contributed by atoms with E-state index in [0.717, 1.165) is 105 Å². The average molecular weight is 1040 g/mol. The Kier molecular flexibility index (Phi) is 13.3. The lowest BCUT2D eigenvalue weighted by atomic mass is 9.92. The molecule has 0 unspecified atom stereocenters. The van der Waals surface area contributed by atoms with Gasteiger partial charge in [0, 0.05) is 38.1 Å². The van der Waals surface area contributed by atoms with Gasteiger partial charge in [0.05, 0.1) is 33.6 Å². The first-order chi connectivity index (χ1) is 39.6. The molecule has 0 atom stereocenters. The van der Waals surface area contributed by atoms with Gasteiger partial charge in [-0.15, -0.1) is 0 Å². The van der Waals surface area contributed by atoms with Gasteiger partial charge in [-0.05, 0) is 157 Å². The van der Waals surface area contributed by atoms with Gasteiger partial charge >= 0.3 is 0 Å². The van der Waals surface area contributed by atoms with E-state index in [1.807, 2.05) is 6.92 Å². The summed E-state index contributed by atoms with van der Waals surface area (Å²) >= 11 is 0. The van der Waals surface area contributed by atoms with Gasteiger partial charge < -0.3 is 0 Å². The van der Waals surface area contributed by atoms with E-state index in [0.29, 0.717) is 0 Å². The van der Waals surface area contributed by atoms with Crippen molar-refractivity contribution in [1.29, 1.82) is 0 Å². The van der Waals surface area contributed by atoms with Crippen molar-refractivity contribution in [2.45, 2.75) is 20.8 Å². The predicted molar refractivity (Wildman–Crippen MR) is 348 cm³/mol. The van der Waals surface area contributed by atoms with Gasteiger partial charge in [-0.2, -0.15) is 0 Å². The number of rotatable bonds is 8. The summed E-state index contributed by atoms with van der Waals surface area (Å²) in [5, 5.41) is 15.0. The summed E-state index contributed by atoms with van der Waals surface area (Å²) in [6, 6.07) is 86.2. The highest BCUT2D eigenvalue weighted by Gasteiger charge is 2.14. The second-order valence-electron chi connectivity index (χ2n) is 21.2. The molecule has 0 amide bonds. The van der Waals surface area contributed by atoms with Crippen LogP contribution in [0.25, 0.3) is 145 Å². The fourth-order valence-electron chi connectivity index (χ4n) is 11.1. The standard InChI is InChI=1S/C68H49N3.C10H8/c1-42(2)14-16-46-18-22-50-23-27-56(41-62(50)44(46)4)60-38-59(43(3)15-17-47-19-24-51-30-33-63(69-66(51)45(47)5)57-28-20-48-10-6-8-12-54(48)36-57)39-61(40-60)65-35-32-53-26-25-52-31-34-64(70-67(52)68(53)71-65)58-29-21-49-11-7-9-13-55(49)37-58;1-2-6-10-8-4-3-7-9(10)5-1/h6-41H,1,5H2,2-4H3;1-8H/b16-14-,43-15+,47-17-;. The first-order valence-corrected chi connectivity index (χ1v) is 27.6. The number of hydrogen-bond donors (Lipinski definition) is 0. The zero-order chi connectivity index (χ0) is 55.0. The molecule has 0 N–H and O–H groups in total. The molecule has 3 heteroatoms. The molecule has 81 heavy (non-hydrogen) atoms. The number of pyridine rings is 3. The molecule has 14 rings (SSSR count). The summed E-state index contributed by atoms with van der Waals surface area (Å²) in [5.74, 6) is 0. The fourth-order valence-corrected chi connectivity index (χ4v) is 11.1. The van der Waals surface area contributed by atoms with Crippen LogP contribution in [0.4, 0.5) is 0 Å². The molecule has 11 aromatic carbocycles. The molecule has 0 aliphatic rings. The van der Waals surface area contributed by atoms with Crippen LogP contribution in [-0.2, 0) is 0 Å². The highest BCUT2D eigenvalue weighted by molar-refractivity contribution is 6.05. The first kappa shape index (κ1) is 50.2. The van der Waals surface area contributed by atoms with E-state index in [1.165, 1.54) is 54.2 Å². The van der Waals surface area contributed by atoms with Crippen LogP contribution in [0.1, 0.15) is 30.5 Å². The topological polar surface area (TPSA) is 38.7 Å². The third-order valence-corrected chi connectivity index (χ3v) is 15.7. The maximum absolute atomic E-state index is 5.46. The van der Waals surface area contributed by atoms with Gasteiger partial charge in [-0.25, -0.2) is 15.0 Å². The highest BCUT2D eigenvalue weighted by Crippen LogP contribution is 2.36. The number of allylic oxidation sites excluding steroid dienone is 4. The lowest BCUT2D eigenvalue weighted by Crippen LogP contribution is -2.24. The van der Waals surface area contributed by atoms with Crippen LogP contribution in [0.2, 0.25) is 0 Å². The monoisotopic (exact) mass is 1040 g/mol. The Balaban J connectivity index is 0.000000555. The van der Waals surface area contributed by atoms with Crippen LogP contribution in [0, 0.1) is 6.92 Å². The van der Waals surface area contributed by atoms with E-state index >= 15 is 0 Å². The van der Waals surface area contributed by atoms with Crippen molar-refractivity contribution in [1.82, 2.24) is 15.0 Å². The minimum atomic E-state index is 0.878. The average Bonchev–Trinajstić information content (AvgIpc) is 3.53. The van der Waals surface area contributed by atoms with Crippen LogP contribution in [0.3, 0.4) is 0 Å². The Hall–Kier alpha value is -10.4. The Bertz CT molecular complexity index is 4960. The maximum Gasteiger partial charge on any atom is 0.0972 e. The van der Waals surface area contributed by atoms with Crippen molar-refractivity contribution in [2.75, 3.05) is 0 Å². The molecule has 0 saturated carbocycles. The molecule has 0 aliphatic carbocycles. The van der Waals surface area contributed by atoms with Crippen molar-refractivity contribution < 1.29 is 0 Å². The van der Waals surface area contributed by atoms with Crippen LogP contribution < -0.4 is 10.4 Å². The Morgan fingerprint density at radius 2 is 0.815 bits per heavy atom. The van der Waals surface area contributed by atoms with E-state index in [-0.39, 0.29) is 0 Å². The van der Waals surface area contributed by atoms with Crippen LogP contribution in [0.15, 0.2) is 267 Å². The van der Waals surface area contributed by atoms with E-state index < -0.39 is 0 Å². The molecule has 0 spiro atoms. The molecule has 0 aliphatic heterocycles. The molecular formula is C78H57N3. The van der Waals surface area contributed by atoms with E-state index in [9.17, 15) is 0 Å². The largest absolute Gasteiger partial charge is 0.247 e. The van der Waals surface area contributed by atoms with Gasteiger partial charge in [0.25, 0.3) is 0 Å². The van der Waals surface area contributed by atoms with Crippen molar-refractivity contribution in [3.63, 3.8) is 0 Å². The van der Waals surface area contributed by atoms with Crippen LogP contribution in [-0.4, -0.2) is 15.0 Å². The molecule has 3 heterocycles. The molecule has 0 radical (unpaired) electrons. The van der Waals surface area contributed by atoms with Crippen LogP contribution >= 0.6 is 0 Å². The summed E-state index contributed by atoms with van der Waals surface area (Å²) in [5.41, 5.74) is 16.5. The van der Waals surface area contributed by atoms with E-state index in [1.54, 1.807) is 0 Å². The number of hydrogen-bond acceptors (Lipinski definition) is 3. The molecule has 3 nitrogen and oxygen atoms in total. The molecule has 0 saturated heterocycles. The number of benzene rings is 11. The molecule has 0 fully saturated rings. The summed E-state index contributed by atoms with van der Waals surface area (Å²) in [7, 11) is 0. The van der Waals surface area contributed by atoms with Gasteiger partial charge in [0.2, 0.25) is 0 Å². The van der Waals surface area contributed by atoms with Crippen molar-refractivity contribution in [2.24, 2.45) is 0 Å². The van der Waals surface area contributed by atoms with Gasteiger partial charge in [0.1, 0.15) is 0 Å². The van der Waals surface area contributed by atoms with Crippen molar-refractivity contribution in [3.05, 3.63) is 294 Å². The van der Waals surface area contributed by atoms with Crippen molar-refractivity contribution in [3.8, 4) is 44.9 Å². The summed E-state index contributed by atoms with van der Waals surface area (Å²) in [6.45, 7) is 15.1. The fraction of sp³-hybridized carbons (Fsp3) is 0.0385. The number of fused-ring (bicyclic) bond motifs is 8. The summed E-state index contributed by atoms with van der Waals surface area (Å²) in [6.07, 6.45) is 8.62. The molecule has 0 bridgehead atoms. The second-order valence-corrected chi connectivity index (χ2v) is 21.2. The van der Waals surface area contributed by atoms with Gasteiger partial charge in [-0.1, -0.05) is 231 Å². The summed E-state index contributed by atoms with van der Waals surface area (Å²) in [4.78, 5) is 16.0. The smallest absolute Gasteiger partial charge is 0.0972 e. The van der Waals surface area contributed by atoms with Crippen molar-refractivity contribution >= 4 is 100 Å². The number of nitrogens with zero attached hydrogens (tertiary/aromatic N) is 3. The lowest BCUT2D eigenvalue weighted by molar-refractivity contribution is 1.36. The first-order valence-electron chi connectivity index (χ1n) is 27.6. The number of aromatic nitrogens is 3. The SMILES string of the molecule is C=C(C)/C=C\c1ccc2ccc(-c3cc(/C(C)=C/C=c4/ccc5ccc(-c6ccc7ccccc7c6)nc5c4=C)cc(-c4ccc5ccc6ccc(-c7ccc8ccccc8c7)nc6c5n4)c3)cc2c1C.c1ccc2ccccc2c1. The third kappa shape index (κ3) is 10.2. The number of aryl methyl sites for hydroxylation is 1. The van der Waals surface area contributed by atoms with E-state index in [2.05, 4.69) is 294 Å². The lowest BCUT2D eigenvalue weighted by Gasteiger charge is -2.14. The Morgan fingerprint density at radius 3 is 1.38 bits per heavy atom. The quantitative estimate of drug-likeness (QED) is 0.112. The Morgan fingerprint density at radius 1 is 0.383 bits per heavy atom. The Labute approximate surface area is 472 Å². The predicted octanol–water partition coefficient (Wildman–Crippen LogP) is 19.5. The molecular weight excluding hydrogens is 979 g/mol. The van der Waals surface area contributed by atoms with Crippen LogP contribution in [0.5, 0.6) is 0 Å². The molecule has 14 aromatic rings. The zero-order valence-electron chi connectivity index (χ0n) is 45.7. The normalized spacial score (nSPS) is 12.1. The molecule has 3 aromatic heterocycles. The zero-order valence-corrected chi connectivity index (χ0v) is 45.7. The minimum Gasteiger partial charge on any atom is -0.247 e. The highest BCUT2D eigenvalue weighted by atomic mass is 14.8. The van der Waals surface area contributed by atoms with Gasteiger partial charge in [-0.3, -0.25) is 0 Å².